The molecule has 1 aromatic carbocycles. The zero-order valence-corrected chi connectivity index (χ0v) is 11.0. The fourth-order valence-electron chi connectivity index (χ4n) is 2.03. The standard InChI is InChI=1S/C13H16O3S/c1-9-5-4-6-12-11(9)7-10(17(12,15)16)8-13(2,3)14/h4-7,14H,8H2,1-3H3. The van der Waals surface area contributed by atoms with Gasteiger partial charge in [0.15, 0.2) is 0 Å². The summed E-state index contributed by atoms with van der Waals surface area (Å²) in [5, 5.41) is 9.75. The molecular weight excluding hydrogens is 236 g/mol. The van der Waals surface area contributed by atoms with Crippen LogP contribution in [0.4, 0.5) is 0 Å². The molecule has 0 bridgehead atoms. The van der Waals surface area contributed by atoms with Crippen molar-refractivity contribution in [1.82, 2.24) is 0 Å². The van der Waals surface area contributed by atoms with Gasteiger partial charge in [-0.05, 0) is 44.0 Å². The van der Waals surface area contributed by atoms with E-state index in [0.717, 1.165) is 11.1 Å². The maximum Gasteiger partial charge on any atom is 0.203 e. The van der Waals surface area contributed by atoms with Gasteiger partial charge in [0.25, 0.3) is 0 Å². The molecule has 0 atom stereocenters. The third-order valence-corrected chi connectivity index (χ3v) is 4.72. The van der Waals surface area contributed by atoms with Crippen LogP contribution in [-0.4, -0.2) is 19.1 Å². The molecule has 0 radical (unpaired) electrons. The number of benzene rings is 1. The molecule has 0 unspecified atom stereocenters. The van der Waals surface area contributed by atoms with Gasteiger partial charge < -0.3 is 5.11 Å². The Labute approximate surface area is 102 Å². The van der Waals surface area contributed by atoms with Gasteiger partial charge >= 0.3 is 0 Å². The summed E-state index contributed by atoms with van der Waals surface area (Å²) < 4.78 is 24.5. The first-order valence-electron chi connectivity index (χ1n) is 5.49. The molecule has 0 saturated heterocycles. The van der Waals surface area contributed by atoms with Crippen LogP contribution in [-0.2, 0) is 9.84 Å². The van der Waals surface area contributed by atoms with Crippen molar-refractivity contribution in [3.63, 3.8) is 0 Å². The first kappa shape index (κ1) is 12.3. The number of aryl methyl sites for hydroxylation is 1. The summed E-state index contributed by atoms with van der Waals surface area (Å²) >= 11 is 0. The molecule has 0 amide bonds. The Kier molecular flexibility index (Phi) is 2.67. The average molecular weight is 252 g/mol. The molecule has 92 valence electrons. The van der Waals surface area contributed by atoms with Crippen LogP contribution < -0.4 is 0 Å². The Morgan fingerprint density at radius 2 is 1.94 bits per heavy atom. The molecule has 17 heavy (non-hydrogen) atoms. The molecule has 1 aromatic rings. The third-order valence-electron chi connectivity index (χ3n) is 2.83. The normalized spacial score (nSPS) is 17.8. The van der Waals surface area contributed by atoms with E-state index in [9.17, 15) is 13.5 Å². The van der Waals surface area contributed by atoms with Gasteiger partial charge in [-0.15, -0.1) is 0 Å². The van der Waals surface area contributed by atoms with Gasteiger partial charge in [-0.25, -0.2) is 8.42 Å². The van der Waals surface area contributed by atoms with Crippen LogP contribution in [0.15, 0.2) is 28.0 Å². The zero-order chi connectivity index (χ0) is 12.8. The van der Waals surface area contributed by atoms with E-state index in [2.05, 4.69) is 0 Å². The second-order valence-corrected chi connectivity index (χ2v) is 7.06. The van der Waals surface area contributed by atoms with Crippen LogP contribution in [0.2, 0.25) is 0 Å². The van der Waals surface area contributed by atoms with Crippen molar-refractivity contribution in [2.45, 2.75) is 37.7 Å². The molecule has 2 rings (SSSR count). The zero-order valence-electron chi connectivity index (χ0n) is 10.2. The lowest BCUT2D eigenvalue weighted by molar-refractivity contribution is 0.0829. The largest absolute Gasteiger partial charge is 0.390 e. The minimum atomic E-state index is -3.40. The molecule has 1 aliphatic heterocycles. The highest BCUT2D eigenvalue weighted by molar-refractivity contribution is 7.95. The number of hydrogen-bond acceptors (Lipinski definition) is 3. The van der Waals surface area contributed by atoms with Crippen LogP contribution in [0.1, 0.15) is 31.4 Å². The number of fused-ring (bicyclic) bond motifs is 1. The lowest BCUT2D eigenvalue weighted by Crippen LogP contribution is -2.21. The SMILES string of the molecule is Cc1cccc2c1C=C(CC(C)(C)O)S2(=O)=O. The lowest BCUT2D eigenvalue weighted by Gasteiger charge is -2.17. The minimum Gasteiger partial charge on any atom is -0.390 e. The molecule has 3 nitrogen and oxygen atoms in total. The Morgan fingerprint density at radius 1 is 1.29 bits per heavy atom. The van der Waals surface area contributed by atoms with Crippen LogP contribution in [0.3, 0.4) is 0 Å². The van der Waals surface area contributed by atoms with Gasteiger partial charge in [-0.2, -0.15) is 0 Å². The number of hydrogen-bond donors (Lipinski definition) is 1. The second kappa shape index (κ2) is 3.68. The highest BCUT2D eigenvalue weighted by Crippen LogP contribution is 2.37. The maximum atomic E-state index is 12.2. The smallest absolute Gasteiger partial charge is 0.203 e. The summed E-state index contributed by atoms with van der Waals surface area (Å²) in [6.07, 6.45) is 1.82. The van der Waals surface area contributed by atoms with E-state index in [1.807, 2.05) is 13.0 Å². The van der Waals surface area contributed by atoms with Crippen LogP contribution in [0.25, 0.3) is 6.08 Å². The summed E-state index contributed by atoms with van der Waals surface area (Å²) in [7, 11) is -3.40. The molecule has 1 heterocycles. The molecule has 1 aliphatic rings. The van der Waals surface area contributed by atoms with Crippen molar-refractivity contribution in [2.24, 2.45) is 0 Å². The Balaban J connectivity index is 2.55. The van der Waals surface area contributed by atoms with Crippen molar-refractivity contribution in [2.75, 3.05) is 0 Å². The van der Waals surface area contributed by atoms with Gasteiger partial charge in [-0.1, -0.05) is 12.1 Å². The van der Waals surface area contributed by atoms with Crippen molar-refractivity contribution in [3.8, 4) is 0 Å². The summed E-state index contributed by atoms with van der Waals surface area (Å²) in [5.41, 5.74) is 0.679. The Bertz CT molecular complexity index is 590. The minimum absolute atomic E-state index is 0.142. The first-order valence-corrected chi connectivity index (χ1v) is 6.98. The van der Waals surface area contributed by atoms with E-state index in [1.54, 1.807) is 32.1 Å². The molecule has 0 fully saturated rings. The van der Waals surface area contributed by atoms with E-state index in [1.165, 1.54) is 0 Å². The quantitative estimate of drug-likeness (QED) is 0.878. The third kappa shape index (κ3) is 2.15. The summed E-state index contributed by atoms with van der Waals surface area (Å²) in [4.78, 5) is 0.658. The summed E-state index contributed by atoms with van der Waals surface area (Å²) in [6.45, 7) is 5.11. The molecule has 1 N–H and O–H groups in total. The number of rotatable bonds is 2. The highest BCUT2D eigenvalue weighted by atomic mass is 32.2. The van der Waals surface area contributed by atoms with Crippen molar-refractivity contribution in [3.05, 3.63) is 34.2 Å². The lowest BCUT2D eigenvalue weighted by atomic mass is 10.0. The van der Waals surface area contributed by atoms with Crippen molar-refractivity contribution in [1.29, 1.82) is 0 Å². The summed E-state index contributed by atoms with van der Waals surface area (Å²) in [6, 6.07) is 5.25. The number of sulfone groups is 1. The van der Waals surface area contributed by atoms with Gasteiger partial charge in [0.1, 0.15) is 0 Å². The Hall–Kier alpha value is -1.13. The van der Waals surface area contributed by atoms with Crippen LogP contribution in [0, 0.1) is 6.92 Å². The van der Waals surface area contributed by atoms with Crippen LogP contribution in [0.5, 0.6) is 0 Å². The van der Waals surface area contributed by atoms with E-state index >= 15 is 0 Å². The van der Waals surface area contributed by atoms with Gasteiger partial charge in [0.05, 0.1) is 15.4 Å². The van der Waals surface area contributed by atoms with E-state index < -0.39 is 15.4 Å². The van der Waals surface area contributed by atoms with Crippen LogP contribution >= 0.6 is 0 Å². The summed E-state index contributed by atoms with van der Waals surface area (Å²) in [5.74, 6) is 0. The highest BCUT2D eigenvalue weighted by Gasteiger charge is 2.33. The predicted octanol–water partition coefficient (Wildman–Crippen LogP) is 2.28. The van der Waals surface area contributed by atoms with E-state index in [0.29, 0.717) is 9.80 Å². The van der Waals surface area contributed by atoms with Crippen molar-refractivity contribution >= 4 is 15.9 Å². The molecule has 0 saturated carbocycles. The molecule has 0 aliphatic carbocycles. The second-order valence-electron chi connectivity index (χ2n) is 5.09. The predicted molar refractivity (Wildman–Crippen MR) is 67.3 cm³/mol. The van der Waals surface area contributed by atoms with Gasteiger partial charge in [-0.3, -0.25) is 0 Å². The van der Waals surface area contributed by atoms with Gasteiger partial charge in [0.2, 0.25) is 9.84 Å². The molecule has 0 spiro atoms. The van der Waals surface area contributed by atoms with Crippen molar-refractivity contribution < 1.29 is 13.5 Å². The molecule has 4 heteroatoms. The first-order chi connectivity index (χ1) is 7.72. The van der Waals surface area contributed by atoms with Gasteiger partial charge in [0, 0.05) is 6.42 Å². The topological polar surface area (TPSA) is 54.4 Å². The fraction of sp³-hybridized carbons (Fsp3) is 0.385. The Morgan fingerprint density at radius 3 is 2.47 bits per heavy atom. The molecular formula is C13H16O3S. The number of aliphatic hydroxyl groups is 1. The fourth-order valence-corrected chi connectivity index (χ4v) is 3.89. The molecule has 0 aromatic heterocycles. The monoisotopic (exact) mass is 252 g/mol. The average Bonchev–Trinajstić information content (AvgIpc) is 2.39. The van der Waals surface area contributed by atoms with E-state index in [4.69, 9.17) is 0 Å². The maximum absolute atomic E-state index is 12.2. The van der Waals surface area contributed by atoms with E-state index in [-0.39, 0.29) is 6.42 Å².